The molecular weight excluding hydrogens is 160 g/mol. The van der Waals surface area contributed by atoms with Gasteiger partial charge in [0.15, 0.2) is 0 Å². The molecule has 0 aromatic rings. The van der Waals surface area contributed by atoms with Gasteiger partial charge in [-0.1, -0.05) is 13.8 Å². The highest BCUT2D eigenvalue weighted by Gasteiger charge is 2.27. The molecule has 0 amide bonds. The van der Waals surface area contributed by atoms with Gasteiger partial charge in [-0.15, -0.1) is 0 Å². The van der Waals surface area contributed by atoms with Crippen molar-refractivity contribution in [1.29, 1.82) is 0 Å². The van der Waals surface area contributed by atoms with Gasteiger partial charge in [0, 0.05) is 19.1 Å². The van der Waals surface area contributed by atoms with Crippen LogP contribution in [-0.2, 0) is 0 Å². The second-order valence-electron chi connectivity index (χ2n) is 4.02. The summed E-state index contributed by atoms with van der Waals surface area (Å²) < 4.78 is 0. The van der Waals surface area contributed by atoms with E-state index in [0.29, 0.717) is 0 Å². The highest BCUT2D eigenvalue weighted by atomic mass is 15.2. The molecule has 1 N–H and O–H groups in total. The second kappa shape index (κ2) is 6.39. The summed E-state index contributed by atoms with van der Waals surface area (Å²) in [5.41, 5.74) is 0. The molecule has 1 aliphatic rings. The summed E-state index contributed by atoms with van der Waals surface area (Å²) in [6, 6.07) is 0.934. The summed E-state index contributed by atoms with van der Waals surface area (Å²) in [6.07, 6.45) is 5.42. The van der Waals surface area contributed by atoms with Gasteiger partial charge in [-0.3, -0.25) is 4.90 Å². The molecule has 0 atom stereocenters. The fourth-order valence-corrected chi connectivity index (χ4v) is 1.73. The molecule has 13 heavy (non-hydrogen) atoms. The maximum absolute atomic E-state index is 3.46. The molecule has 1 rings (SSSR count). The molecule has 78 valence electrons. The Morgan fingerprint density at radius 1 is 1.08 bits per heavy atom. The fraction of sp³-hybridized carbons (Fsp3) is 1.00. The minimum atomic E-state index is 0.934. The fourth-order valence-electron chi connectivity index (χ4n) is 1.73. The second-order valence-corrected chi connectivity index (χ2v) is 4.02. The van der Waals surface area contributed by atoms with Crippen LogP contribution in [0.4, 0.5) is 0 Å². The molecule has 0 radical (unpaired) electrons. The summed E-state index contributed by atoms with van der Waals surface area (Å²) in [6.45, 7) is 9.37. The van der Waals surface area contributed by atoms with Crippen LogP contribution < -0.4 is 5.32 Å². The predicted octanol–water partition coefficient (Wildman–Crippen LogP) is 1.86. The van der Waals surface area contributed by atoms with E-state index in [1.807, 2.05) is 0 Å². The van der Waals surface area contributed by atoms with Gasteiger partial charge in [0.2, 0.25) is 0 Å². The van der Waals surface area contributed by atoms with Crippen molar-refractivity contribution in [2.45, 2.75) is 45.6 Å². The Hall–Kier alpha value is -0.0800. The molecule has 1 fully saturated rings. The first-order valence-electron chi connectivity index (χ1n) is 5.83. The molecule has 0 bridgehead atoms. The first-order chi connectivity index (χ1) is 6.38. The third kappa shape index (κ3) is 4.63. The zero-order valence-electron chi connectivity index (χ0n) is 9.18. The Kier molecular flexibility index (Phi) is 5.40. The van der Waals surface area contributed by atoms with E-state index in [0.717, 1.165) is 6.04 Å². The normalized spacial score (nSPS) is 16.8. The molecule has 1 aliphatic carbocycles. The molecule has 0 aromatic heterocycles. The number of nitrogens with zero attached hydrogens (tertiary/aromatic N) is 1. The van der Waals surface area contributed by atoms with Gasteiger partial charge in [-0.2, -0.15) is 0 Å². The van der Waals surface area contributed by atoms with Crippen LogP contribution in [0.2, 0.25) is 0 Å². The van der Waals surface area contributed by atoms with Gasteiger partial charge in [0.05, 0.1) is 0 Å². The molecule has 2 nitrogen and oxygen atoms in total. The maximum atomic E-state index is 3.46. The van der Waals surface area contributed by atoms with Crippen LogP contribution in [0.15, 0.2) is 0 Å². The lowest BCUT2D eigenvalue weighted by molar-refractivity contribution is 0.264. The Labute approximate surface area is 82.7 Å². The van der Waals surface area contributed by atoms with Crippen LogP contribution in [0.5, 0.6) is 0 Å². The number of rotatable bonds is 8. The number of nitrogens with one attached hydrogen (secondary N) is 1. The van der Waals surface area contributed by atoms with Crippen LogP contribution in [0.25, 0.3) is 0 Å². The van der Waals surface area contributed by atoms with Crippen molar-refractivity contribution in [1.82, 2.24) is 10.2 Å². The van der Waals surface area contributed by atoms with Crippen molar-refractivity contribution in [2.24, 2.45) is 0 Å². The average molecular weight is 184 g/mol. The van der Waals surface area contributed by atoms with E-state index < -0.39 is 0 Å². The lowest BCUT2D eigenvalue weighted by Crippen LogP contribution is -2.34. The van der Waals surface area contributed by atoms with Gasteiger partial charge < -0.3 is 5.32 Å². The highest BCUT2D eigenvalue weighted by molar-refractivity contribution is 4.84. The van der Waals surface area contributed by atoms with Crippen LogP contribution >= 0.6 is 0 Å². The van der Waals surface area contributed by atoms with Crippen LogP contribution in [0.1, 0.15) is 39.5 Å². The zero-order chi connectivity index (χ0) is 9.52. The highest BCUT2D eigenvalue weighted by Crippen LogP contribution is 2.26. The Morgan fingerprint density at radius 2 is 1.85 bits per heavy atom. The van der Waals surface area contributed by atoms with E-state index in [4.69, 9.17) is 0 Å². The summed E-state index contributed by atoms with van der Waals surface area (Å²) in [5, 5.41) is 3.46. The van der Waals surface area contributed by atoms with Crippen LogP contribution in [0, 0.1) is 0 Å². The Morgan fingerprint density at radius 3 is 2.38 bits per heavy atom. The van der Waals surface area contributed by atoms with Gasteiger partial charge in [-0.05, 0) is 38.8 Å². The van der Waals surface area contributed by atoms with E-state index in [2.05, 4.69) is 24.1 Å². The minimum Gasteiger partial charge on any atom is -0.315 e. The zero-order valence-corrected chi connectivity index (χ0v) is 9.18. The monoisotopic (exact) mass is 184 g/mol. The average Bonchev–Trinajstić information content (AvgIpc) is 2.93. The molecule has 0 aliphatic heterocycles. The Balaban J connectivity index is 2.00. The Bertz CT molecular complexity index is 121. The molecule has 0 unspecified atom stereocenters. The maximum Gasteiger partial charge on any atom is 0.0110 e. The SMILES string of the molecule is CCCNCCN(CCC)C1CC1. The summed E-state index contributed by atoms with van der Waals surface area (Å²) in [4.78, 5) is 2.64. The first-order valence-corrected chi connectivity index (χ1v) is 5.83. The predicted molar refractivity (Wildman–Crippen MR) is 58.0 cm³/mol. The van der Waals surface area contributed by atoms with E-state index in [9.17, 15) is 0 Å². The molecule has 0 spiro atoms. The van der Waals surface area contributed by atoms with Crippen molar-refractivity contribution in [3.05, 3.63) is 0 Å². The molecule has 2 heteroatoms. The quantitative estimate of drug-likeness (QED) is 0.579. The van der Waals surface area contributed by atoms with Crippen LogP contribution in [-0.4, -0.2) is 37.1 Å². The van der Waals surface area contributed by atoms with Crippen molar-refractivity contribution in [3.63, 3.8) is 0 Å². The summed E-state index contributed by atoms with van der Waals surface area (Å²) in [5.74, 6) is 0. The minimum absolute atomic E-state index is 0.934. The van der Waals surface area contributed by atoms with Crippen molar-refractivity contribution >= 4 is 0 Å². The van der Waals surface area contributed by atoms with Crippen LogP contribution in [0.3, 0.4) is 0 Å². The van der Waals surface area contributed by atoms with Crippen molar-refractivity contribution in [3.8, 4) is 0 Å². The first kappa shape index (κ1) is 11.0. The van der Waals surface area contributed by atoms with E-state index >= 15 is 0 Å². The molecule has 0 saturated heterocycles. The van der Waals surface area contributed by atoms with Gasteiger partial charge >= 0.3 is 0 Å². The van der Waals surface area contributed by atoms with E-state index in [-0.39, 0.29) is 0 Å². The summed E-state index contributed by atoms with van der Waals surface area (Å²) >= 11 is 0. The molecule has 0 aromatic carbocycles. The third-order valence-corrected chi connectivity index (χ3v) is 2.58. The smallest absolute Gasteiger partial charge is 0.0110 e. The summed E-state index contributed by atoms with van der Waals surface area (Å²) in [7, 11) is 0. The van der Waals surface area contributed by atoms with Crippen molar-refractivity contribution < 1.29 is 0 Å². The van der Waals surface area contributed by atoms with E-state index in [1.165, 1.54) is 51.9 Å². The van der Waals surface area contributed by atoms with Gasteiger partial charge in [0.1, 0.15) is 0 Å². The number of hydrogen-bond acceptors (Lipinski definition) is 2. The molecule has 0 heterocycles. The standard InChI is InChI=1S/C11H24N2/c1-3-7-12-8-10-13(9-4-2)11-5-6-11/h11-12H,3-10H2,1-2H3. The van der Waals surface area contributed by atoms with Gasteiger partial charge in [-0.25, -0.2) is 0 Å². The third-order valence-electron chi connectivity index (χ3n) is 2.58. The number of hydrogen-bond donors (Lipinski definition) is 1. The molecule has 1 saturated carbocycles. The van der Waals surface area contributed by atoms with Gasteiger partial charge in [0.25, 0.3) is 0 Å². The van der Waals surface area contributed by atoms with Crippen molar-refractivity contribution in [2.75, 3.05) is 26.2 Å². The van der Waals surface area contributed by atoms with E-state index in [1.54, 1.807) is 0 Å². The lowest BCUT2D eigenvalue weighted by atomic mass is 10.3. The molecular formula is C11H24N2. The largest absolute Gasteiger partial charge is 0.315 e. The topological polar surface area (TPSA) is 15.3 Å². The lowest BCUT2D eigenvalue weighted by Gasteiger charge is -2.21.